The summed E-state index contributed by atoms with van der Waals surface area (Å²) in [6.45, 7) is 9.74. The fraction of sp³-hybridized carbons (Fsp3) is 0.889. The number of fused-ring (bicyclic) bond motifs is 6. The minimum absolute atomic E-state index is 0.00675. The van der Waals surface area contributed by atoms with E-state index in [2.05, 4.69) is 33.8 Å². The monoisotopic (exact) mass is 432 g/mol. The molecule has 0 aromatic carbocycles. The van der Waals surface area contributed by atoms with Crippen LogP contribution in [0.4, 0.5) is 0 Å². The molecule has 2 bridgehead atoms. The Morgan fingerprint density at radius 1 is 1.19 bits per heavy atom. The van der Waals surface area contributed by atoms with Crippen LogP contribution in [0, 0.1) is 58.2 Å². The van der Waals surface area contributed by atoms with Crippen molar-refractivity contribution in [3.05, 3.63) is 11.6 Å². The summed E-state index contributed by atoms with van der Waals surface area (Å²) in [4.78, 5) is 12.3. The van der Waals surface area contributed by atoms with Crippen LogP contribution in [0.25, 0.3) is 0 Å². The quantitative estimate of drug-likeness (QED) is 0.526. The van der Waals surface area contributed by atoms with Crippen LogP contribution in [0.3, 0.4) is 0 Å². The first-order chi connectivity index (χ1) is 14.7. The summed E-state index contributed by atoms with van der Waals surface area (Å²) in [5, 5.41) is 30.1. The molecule has 0 amide bonds. The number of carboxylic acid groups (broad SMARTS) is 1. The van der Waals surface area contributed by atoms with Gasteiger partial charge in [0.05, 0.1) is 5.92 Å². The Kier molecular flexibility index (Phi) is 6.37. The standard InChI is InChI=1S/C27H44O4/c1-16-13-18-5-7-22-19(20(14-16)24(18)25(30)31)6-8-23-26(22,3)10-9-21(17(2)15-29)27(23,4)11-12-28/h6,16-18,20-24,28-29H,5,7-15H2,1-4H3,(H,30,31). The first kappa shape index (κ1) is 23.3. The Morgan fingerprint density at radius 2 is 1.94 bits per heavy atom. The van der Waals surface area contributed by atoms with Crippen molar-refractivity contribution in [2.24, 2.45) is 58.2 Å². The Bertz CT molecular complexity index is 716. The van der Waals surface area contributed by atoms with E-state index < -0.39 is 5.97 Å². The molecule has 4 aliphatic rings. The number of rotatable bonds is 5. The van der Waals surface area contributed by atoms with E-state index in [9.17, 15) is 20.1 Å². The van der Waals surface area contributed by atoms with E-state index in [-0.39, 0.29) is 41.8 Å². The molecule has 0 aliphatic heterocycles. The van der Waals surface area contributed by atoms with Crippen molar-refractivity contribution in [3.8, 4) is 0 Å². The zero-order chi connectivity index (χ0) is 22.6. The van der Waals surface area contributed by atoms with Crippen LogP contribution in [0.1, 0.15) is 79.1 Å². The topological polar surface area (TPSA) is 77.8 Å². The third-order valence-electron chi connectivity index (χ3n) is 10.7. The zero-order valence-electron chi connectivity index (χ0n) is 20.0. The molecule has 4 nitrogen and oxygen atoms in total. The molecule has 3 saturated carbocycles. The van der Waals surface area contributed by atoms with E-state index in [1.54, 1.807) is 0 Å². The number of hydrogen-bond acceptors (Lipinski definition) is 3. The van der Waals surface area contributed by atoms with Crippen molar-refractivity contribution in [2.45, 2.75) is 79.1 Å². The Morgan fingerprint density at radius 3 is 2.58 bits per heavy atom. The van der Waals surface area contributed by atoms with Gasteiger partial charge in [0.1, 0.15) is 0 Å². The van der Waals surface area contributed by atoms with Gasteiger partial charge in [-0.2, -0.15) is 0 Å². The lowest BCUT2D eigenvalue weighted by Crippen LogP contribution is -2.55. The molecule has 10 unspecified atom stereocenters. The fourth-order valence-electron chi connectivity index (χ4n) is 9.35. The smallest absolute Gasteiger partial charge is 0.307 e. The van der Waals surface area contributed by atoms with Crippen molar-refractivity contribution >= 4 is 5.97 Å². The second-order valence-electron chi connectivity index (χ2n) is 12.2. The van der Waals surface area contributed by atoms with E-state index in [1.807, 2.05) is 0 Å². The van der Waals surface area contributed by atoms with Crippen molar-refractivity contribution in [2.75, 3.05) is 13.2 Å². The molecule has 4 heteroatoms. The number of allylic oxidation sites excluding steroid dienone is 2. The number of hydrogen-bond donors (Lipinski definition) is 3. The zero-order valence-corrected chi connectivity index (χ0v) is 20.0. The fourth-order valence-corrected chi connectivity index (χ4v) is 9.35. The SMILES string of the molecule is CC1CC2CCC3C(=CCC4C3(C)CCC(C(C)CO)C4(C)CCO)C(C1)C2C(=O)O. The van der Waals surface area contributed by atoms with Gasteiger partial charge in [-0.05, 0) is 104 Å². The lowest BCUT2D eigenvalue weighted by Gasteiger charge is -2.62. The molecule has 0 radical (unpaired) electrons. The first-order valence-electron chi connectivity index (χ1n) is 12.8. The maximum Gasteiger partial charge on any atom is 0.307 e. The highest BCUT2D eigenvalue weighted by atomic mass is 16.4. The Labute approximate surface area is 188 Å². The number of carbonyl (C=O) groups is 1. The third kappa shape index (κ3) is 3.60. The van der Waals surface area contributed by atoms with Gasteiger partial charge in [0.15, 0.2) is 0 Å². The molecule has 0 aromatic rings. The maximum atomic E-state index is 12.3. The Hall–Kier alpha value is -0.870. The predicted octanol–water partition coefficient (Wildman–Crippen LogP) is 5.14. The molecular weight excluding hydrogens is 388 g/mol. The van der Waals surface area contributed by atoms with Crippen molar-refractivity contribution in [3.63, 3.8) is 0 Å². The average molecular weight is 433 g/mol. The van der Waals surface area contributed by atoms with Crippen molar-refractivity contribution < 1.29 is 20.1 Å². The van der Waals surface area contributed by atoms with Crippen LogP contribution in [0.5, 0.6) is 0 Å². The highest BCUT2D eigenvalue weighted by Crippen LogP contribution is 2.67. The normalized spacial score (nSPS) is 48.1. The van der Waals surface area contributed by atoms with Gasteiger partial charge in [-0.25, -0.2) is 0 Å². The van der Waals surface area contributed by atoms with Gasteiger partial charge in [0.2, 0.25) is 0 Å². The molecule has 0 saturated heterocycles. The molecule has 176 valence electrons. The van der Waals surface area contributed by atoms with Gasteiger partial charge in [0, 0.05) is 13.2 Å². The largest absolute Gasteiger partial charge is 0.481 e. The van der Waals surface area contributed by atoms with Crippen LogP contribution in [0.2, 0.25) is 0 Å². The molecule has 3 N–H and O–H groups in total. The molecule has 0 spiro atoms. The first-order valence-corrected chi connectivity index (χ1v) is 12.8. The number of aliphatic carboxylic acids is 1. The molecule has 10 atom stereocenters. The van der Waals surface area contributed by atoms with Crippen LogP contribution in [-0.4, -0.2) is 34.5 Å². The highest BCUT2D eigenvalue weighted by Gasteiger charge is 2.60. The molecule has 0 heterocycles. The minimum Gasteiger partial charge on any atom is -0.481 e. The van der Waals surface area contributed by atoms with Gasteiger partial charge in [-0.3, -0.25) is 4.79 Å². The summed E-state index contributed by atoms with van der Waals surface area (Å²) in [5.41, 5.74) is 1.64. The van der Waals surface area contributed by atoms with Crippen molar-refractivity contribution in [1.29, 1.82) is 0 Å². The number of aliphatic hydroxyl groups is 2. The number of aliphatic hydroxyl groups excluding tert-OH is 2. The van der Waals surface area contributed by atoms with Gasteiger partial charge in [-0.15, -0.1) is 0 Å². The van der Waals surface area contributed by atoms with E-state index in [0.29, 0.717) is 29.6 Å². The van der Waals surface area contributed by atoms with Gasteiger partial charge in [0.25, 0.3) is 0 Å². The predicted molar refractivity (Wildman–Crippen MR) is 122 cm³/mol. The van der Waals surface area contributed by atoms with Crippen LogP contribution in [-0.2, 0) is 4.79 Å². The Balaban J connectivity index is 1.75. The van der Waals surface area contributed by atoms with Gasteiger partial charge < -0.3 is 15.3 Å². The summed E-state index contributed by atoms with van der Waals surface area (Å²) < 4.78 is 0. The van der Waals surface area contributed by atoms with Crippen LogP contribution < -0.4 is 0 Å². The summed E-state index contributed by atoms with van der Waals surface area (Å²) in [6.07, 6.45) is 10.7. The molecule has 4 aliphatic carbocycles. The molecule has 31 heavy (non-hydrogen) atoms. The third-order valence-corrected chi connectivity index (χ3v) is 10.7. The van der Waals surface area contributed by atoms with E-state index in [0.717, 1.165) is 51.4 Å². The van der Waals surface area contributed by atoms with E-state index in [4.69, 9.17) is 0 Å². The maximum absolute atomic E-state index is 12.3. The second-order valence-corrected chi connectivity index (χ2v) is 12.2. The summed E-state index contributed by atoms with van der Waals surface area (Å²) in [6, 6.07) is 0. The van der Waals surface area contributed by atoms with Crippen LogP contribution in [0.15, 0.2) is 11.6 Å². The second kappa shape index (κ2) is 8.48. The summed E-state index contributed by atoms with van der Waals surface area (Å²) in [7, 11) is 0. The van der Waals surface area contributed by atoms with Crippen molar-refractivity contribution in [1.82, 2.24) is 0 Å². The number of carboxylic acids is 1. The van der Waals surface area contributed by atoms with E-state index in [1.165, 1.54) is 5.57 Å². The lowest BCUT2D eigenvalue weighted by molar-refractivity contribution is -0.147. The average Bonchev–Trinajstić information content (AvgIpc) is 2.81. The van der Waals surface area contributed by atoms with Crippen LogP contribution >= 0.6 is 0 Å². The molecule has 3 fully saturated rings. The minimum atomic E-state index is -0.582. The lowest BCUT2D eigenvalue weighted by atomic mass is 9.42. The summed E-state index contributed by atoms with van der Waals surface area (Å²) in [5.74, 6) is 1.96. The molecule has 4 rings (SSSR count). The van der Waals surface area contributed by atoms with E-state index >= 15 is 0 Å². The van der Waals surface area contributed by atoms with Gasteiger partial charge >= 0.3 is 5.97 Å². The molecule has 0 aromatic heterocycles. The highest BCUT2D eigenvalue weighted by molar-refractivity contribution is 5.72. The van der Waals surface area contributed by atoms with Gasteiger partial charge in [-0.1, -0.05) is 39.3 Å². The summed E-state index contributed by atoms with van der Waals surface area (Å²) >= 11 is 0. The molecular formula is C27H44O4.